The number of anilines is 2. The Labute approximate surface area is 204 Å². The van der Waals surface area contributed by atoms with Gasteiger partial charge in [0.15, 0.2) is 6.61 Å². The molecule has 4 atom stereocenters. The number of halogens is 3. The fourth-order valence-electron chi connectivity index (χ4n) is 4.04. The highest BCUT2D eigenvalue weighted by Gasteiger charge is 2.52. The zero-order valence-electron chi connectivity index (χ0n) is 17.2. The minimum absolute atomic E-state index is 0.177. The third kappa shape index (κ3) is 5.00. The van der Waals surface area contributed by atoms with Gasteiger partial charge in [-0.1, -0.05) is 11.6 Å². The Morgan fingerprint density at radius 1 is 0.909 bits per heavy atom. The van der Waals surface area contributed by atoms with Crippen LogP contribution in [-0.2, 0) is 19.1 Å². The van der Waals surface area contributed by atoms with E-state index in [1.165, 1.54) is 24.3 Å². The maximum atomic E-state index is 12.8. The average molecular weight is 510 g/mol. The van der Waals surface area contributed by atoms with Crippen molar-refractivity contribution in [1.29, 1.82) is 0 Å². The molecule has 1 heterocycles. The van der Waals surface area contributed by atoms with Crippen molar-refractivity contribution in [2.45, 2.75) is 23.6 Å². The first-order valence-electron chi connectivity index (χ1n) is 10.2. The van der Waals surface area contributed by atoms with Gasteiger partial charge in [0.25, 0.3) is 5.91 Å². The summed E-state index contributed by atoms with van der Waals surface area (Å²) >= 11 is 18.2. The molecule has 0 aromatic heterocycles. The number of nitrogens with one attached hydrogen (secondary N) is 1. The molecule has 7 nitrogen and oxygen atoms in total. The molecule has 10 heteroatoms. The SMILES string of the molecule is O=C(COC(=O)c1ccc(N2C(=O)[C@H]3C[C@@H](Cl)[C@@H](Cl)C[C@H]3C2=O)cc1)Nc1ccc(Cl)cc1. The highest BCUT2D eigenvalue weighted by Crippen LogP contribution is 2.43. The van der Waals surface area contributed by atoms with E-state index in [0.717, 1.165) is 4.90 Å². The van der Waals surface area contributed by atoms with Crippen LogP contribution >= 0.6 is 34.8 Å². The van der Waals surface area contributed by atoms with E-state index in [0.29, 0.717) is 29.2 Å². The van der Waals surface area contributed by atoms with E-state index in [1.807, 2.05) is 0 Å². The van der Waals surface area contributed by atoms with Crippen molar-refractivity contribution in [2.24, 2.45) is 11.8 Å². The van der Waals surface area contributed by atoms with E-state index >= 15 is 0 Å². The van der Waals surface area contributed by atoms with Crippen molar-refractivity contribution in [1.82, 2.24) is 0 Å². The summed E-state index contributed by atoms with van der Waals surface area (Å²) in [5.41, 5.74) is 1.05. The summed E-state index contributed by atoms with van der Waals surface area (Å²) in [6, 6.07) is 12.4. The van der Waals surface area contributed by atoms with Crippen LogP contribution in [0.2, 0.25) is 5.02 Å². The Morgan fingerprint density at radius 3 is 2.00 bits per heavy atom. The molecule has 1 N–H and O–H groups in total. The predicted molar refractivity (Wildman–Crippen MR) is 125 cm³/mol. The number of rotatable bonds is 5. The van der Waals surface area contributed by atoms with Gasteiger partial charge in [-0.3, -0.25) is 19.3 Å². The topological polar surface area (TPSA) is 92.8 Å². The highest BCUT2D eigenvalue weighted by molar-refractivity contribution is 6.31. The minimum Gasteiger partial charge on any atom is -0.452 e. The Balaban J connectivity index is 1.36. The van der Waals surface area contributed by atoms with Crippen LogP contribution in [0.25, 0.3) is 0 Å². The van der Waals surface area contributed by atoms with E-state index in [2.05, 4.69) is 5.32 Å². The Bertz CT molecular complexity index is 1060. The summed E-state index contributed by atoms with van der Waals surface area (Å²) in [5.74, 6) is -2.82. The number of carbonyl (C=O) groups is 4. The van der Waals surface area contributed by atoms with Crippen molar-refractivity contribution < 1.29 is 23.9 Å². The molecule has 2 aromatic rings. The molecule has 4 rings (SSSR count). The molecular weight excluding hydrogens is 491 g/mol. The smallest absolute Gasteiger partial charge is 0.338 e. The molecule has 172 valence electrons. The molecular formula is C23H19Cl3N2O5. The summed E-state index contributed by atoms with van der Waals surface area (Å²) < 4.78 is 5.04. The molecule has 0 unspecified atom stereocenters. The number of hydrogen-bond donors (Lipinski definition) is 1. The standard InChI is InChI=1S/C23H19Cl3N2O5/c24-13-3-5-14(6-4-13)27-20(29)11-33-23(32)12-1-7-15(8-2-12)28-21(30)16-9-18(25)19(26)10-17(16)22(28)31/h1-8,16-19H,9-11H2,(H,27,29)/t16-,17+,18+,19-. The van der Waals surface area contributed by atoms with E-state index in [9.17, 15) is 19.2 Å². The van der Waals surface area contributed by atoms with Crippen LogP contribution < -0.4 is 10.2 Å². The quantitative estimate of drug-likeness (QED) is 0.370. The van der Waals surface area contributed by atoms with Crippen molar-refractivity contribution >= 4 is 69.9 Å². The van der Waals surface area contributed by atoms with Gasteiger partial charge in [0.2, 0.25) is 11.8 Å². The highest BCUT2D eigenvalue weighted by atomic mass is 35.5. The van der Waals surface area contributed by atoms with Crippen molar-refractivity contribution in [3.63, 3.8) is 0 Å². The van der Waals surface area contributed by atoms with Gasteiger partial charge >= 0.3 is 5.97 Å². The predicted octanol–water partition coefficient (Wildman–Crippen LogP) is 4.25. The van der Waals surface area contributed by atoms with E-state index < -0.39 is 30.3 Å². The van der Waals surface area contributed by atoms with Gasteiger partial charge in [0.1, 0.15) is 0 Å². The molecule has 3 amide bonds. The minimum atomic E-state index is -0.712. The van der Waals surface area contributed by atoms with Crippen molar-refractivity contribution in [3.8, 4) is 0 Å². The van der Waals surface area contributed by atoms with Crippen LogP contribution in [0.15, 0.2) is 48.5 Å². The molecule has 1 saturated heterocycles. The monoisotopic (exact) mass is 508 g/mol. The van der Waals surface area contributed by atoms with Crippen LogP contribution in [0.4, 0.5) is 11.4 Å². The van der Waals surface area contributed by atoms with Gasteiger partial charge in [-0.2, -0.15) is 0 Å². The van der Waals surface area contributed by atoms with Crippen LogP contribution in [0.5, 0.6) is 0 Å². The number of nitrogens with zero attached hydrogens (tertiary/aromatic N) is 1. The van der Waals surface area contributed by atoms with Gasteiger partial charge in [-0.05, 0) is 61.4 Å². The number of ether oxygens (including phenoxy) is 1. The average Bonchev–Trinajstić information content (AvgIpc) is 3.03. The van der Waals surface area contributed by atoms with Crippen LogP contribution in [0.3, 0.4) is 0 Å². The molecule has 1 aliphatic heterocycles. The number of imide groups is 1. The molecule has 33 heavy (non-hydrogen) atoms. The van der Waals surface area contributed by atoms with E-state index in [1.54, 1.807) is 24.3 Å². The zero-order valence-corrected chi connectivity index (χ0v) is 19.4. The molecule has 2 fully saturated rings. The Morgan fingerprint density at radius 2 is 1.45 bits per heavy atom. The van der Waals surface area contributed by atoms with Gasteiger partial charge in [0.05, 0.1) is 33.8 Å². The summed E-state index contributed by atoms with van der Waals surface area (Å²) in [6.07, 6.45) is 0.702. The van der Waals surface area contributed by atoms with Crippen molar-refractivity contribution in [3.05, 3.63) is 59.1 Å². The third-order valence-corrected chi connectivity index (χ3v) is 7.08. The molecule has 0 spiro atoms. The lowest BCUT2D eigenvalue weighted by molar-refractivity contribution is -0.122. The van der Waals surface area contributed by atoms with Gasteiger partial charge in [-0.25, -0.2) is 4.79 Å². The largest absolute Gasteiger partial charge is 0.452 e. The number of hydrogen-bond acceptors (Lipinski definition) is 5. The number of carbonyl (C=O) groups excluding carboxylic acids is 4. The summed E-state index contributed by atoms with van der Waals surface area (Å²) in [6.45, 7) is -0.477. The maximum Gasteiger partial charge on any atom is 0.338 e. The molecule has 2 aliphatic rings. The molecule has 1 saturated carbocycles. The van der Waals surface area contributed by atoms with E-state index in [-0.39, 0.29) is 28.1 Å². The number of fused-ring (bicyclic) bond motifs is 1. The summed E-state index contributed by atoms with van der Waals surface area (Å²) in [7, 11) is 0. The normalized spacial score (nSPS) is 24.4. The van der Waals surface area contributed by atoms with Crippen LogP contribution in [0.1, 0.15) is 23.2 Å². The first-order valence-corrected chi connectivity index (χ1v) is 11.5. The molecule has 0 bridgehead atoms. The van der Waals surface area contributed by atoms with Crippen LogP contribution in [0, 0.1) is 11.8 Å². The summed E-state index contributed by atoms with van der Waals surface area (Å²) in [4.78, 5) is 51.1. The first kappa shape index (κ1) is 23.5. The first-order chi connectivity index (χ1) is 15.7. The van der Waals surface area contributed by atoms with Gasteiger partial charge in [0, 0.05) is 10.7 Å². The fourth-order valence-corrected chi connectivity index (χ4v) is 4.76. The summed E-state index contributed by atoms with van der Waals surface area (Å²) in [5, 5.41) is 2.40. The van der Waals surface area contributed by atoms with Gasteiger partial charge < -0.3 is 10.1 Å². The third-order valence-electron chi connectivity index (χ3n) is 5.74. The second-order valence-electron chi connectivity index (χ2n) is 7.91. The number of benzene rings is 2. The Kier molecular flexibility index (Phi) is 6.93. The second-order valence-corrected chi connectivity index (χ2v) is 9.46. The van der Waals surface area contributed by atoms with Gasteiger partial charge in [-0.15, -0.1) is 23.2 Å². The fraction of sp³-hybridized carbons (Fsp3) is 0.304. The van der Waals surface area contributed by atoms with Crippen molar-refractivity contribution in [2.75, 3.05) is 16.8 Å². The lowest BCUT2D eigenvalue weighted by Crippen LogP contribution is -2.34. The number of amides is 3. The number of alkyl halides is 2. The molecule has 0 radical (unpaired) electrons. The van der Waals surface area contributed by atoms with Crippen LogP contribution in [-0.4, -0.2) is 41.1 Å². The van der Waals surface area contributed by atoms with E-state index in [4.69, 9.17) is 39.5 Å². The zero-order chi connectivity index (χ0) is 23.7. The second kappa shape index (κ2) is 9.71. The lowest BCUT2D eigenvalue weighted by atomic mass is 9.80. The molecule has 1 aliphatic carbocycles. The Hall–Kier alpha value is -2.61. The molecule has 2 aromatic carbocycles. The maximum absolute atomic E-state index is 12.8. The lowest BCUT2D eigenvalue weighted by Gasteiger charge is -2.28. The number of esters is 1.